The Balaban J connectivity index is 1.33. The van der Waals surface area contributed by atoms with Gasteiger partial charge in [0.05, 0.1) is 6.54 Å². The summed E-state index contributed by atoms with van der Waals surface area (Å²) >= 11 is 0. The first-order valence-electron chi connectivity index (χ1n) is 9.21. The molecule has 0 aliphatic carbocycles. The summed E-state index contributed by atoms with van der Waals surface area (Å²) in [5.74, 6) is 0.00384. The Morgan fingerprint density at radius 1 is 1.20 bits per heavy atom. The number of piperidine rings is 1. The highest BCUT2D eigenvalue weighted by molar-refractivity contribution is 5.78. The SMILES string of the molecule is O=C(NCCOc1ccccc1F)C1CCN(C2CCOCC2)CC1. The zero-order chi connectivity index (χ0) is 17.5. The summed E-state index contributed by atoms with van der Waals surface area (Å²) in [6, 6.07) is 6.91. The first kappa shape index (κ1) is 18.1. The number of carbonyl (C=O) groups is 1. The van der Waals surface area contributed by atoms with Gasteiger partial charge in [0.1, 0.15) is 6.61 Å². The van der Waals surface area contributed by atoms with E-state index < -0.39 is 0 Å². The molecule has 1 aromatic carbocycles. The van der Waals surface area contributed by atoms with Gasteiger partial charge in [-0.2, -0.15) is 0 Å². The maximum absolute atomic E-state index is 13.4. The van der Waals surface area contributed by atoms with E-state index in [2.05, 4.69) is 10.2 Å². The van der Waals surface area contributed by atoms with Crippen LogP contribution < -0.4 is 10.1 Å². The van der Waals surface area contributed by atoms with Gasteiger partial charge < -0.3 is 19.7 Å². The normalized spacial score (nSPS) is 20.4. The number of carbonyl (C=O) groups excluding carboxylic acids is 1. The van der Waals surface area contributed by atoms with Gasteiger partial charge in [0.2, 0.25) is 5.91 Å². The molecule has 0 radical (unpaired) electrons. The van der Waals surface area contributed by atoms with E-state index in [4.69, 9.17) is 9.47 Å². The molecule has 25 heavy (non-hydrogen) atoms. The highest BCUT2D eigenvalue weighted by Gasteiger charge is 2.29. The van der Waals surface area contributed by atoms with Gasteiger partial charge >= 0.3 is 0 Å². The van der Waals surface area contributed by atoms with Crippen LogP contribution in [0, 0.1) is 11.7 Å². The Bertz CT molecular complexity index is 555. The van der Waals surface area contributed by atoms with Crippen molar-refractivity contribution in [2.75, 3.05) is 39.5 Å². The lowest BCUT2D eigenvalue weighted by Gasteiger charge is -2.38. The van der Waals surface area contributed by atoms with Gasteiger partial charge in [-0.15, -0.1) is 0 Å². The van der Waals surface area contributed by atoms with Crippen LogP contribution in [0.5, 0.6) is 5.75 Å². The fourth-order valence-corrected chi connectivity index (χ4v) is 3.62. The van der Waals surface area contributed by atoms with Gasteiger partial charge in [-0.05, 0) is 50.9 Å². The molecule has 2 aliphatic rings. The number of ether oxygens (including phenoxy) is 2. The number of amides is 1. The van der Waals surface area contributed by atoms with Crippen LogP contribution in [-0.2, 0) is 9.53 Å². The van der Waals surface area contributed by atoms with Crippen molar-refractivity contribution in [2.45, 2.75) is 31.7 Å². The summed E-state index contributed by atoms with van der Waals surface area (Å²) in [6.07, 6.45) is 4.00. The van der Waals surface area contributed by atoms with E-state index in [1.54, 1.807) is 18.2 Å². The molecular weight excluding hydrogens is 323 g/mol. The number of hydrogen-bond acceptors (Lipinski definition) is 4. The Morgan fingerprint density at radius 2 is 1.92 bits per heavy atom. The molecule has 0 atom stereocenters. The second-order valence-corrected chi connectivity index (χ2v) is 6.72. The molecule has 0 spiro atoms. The van der Waals surface area contributed by atoms with Crippen LogP contribution in [0.4, 0.5) is 4.39 Å². The summed E-state index contributed by atoms with van der Waals surface area (Å²) in [6.45, 7) is 4.34. The van der Waals surface area contributed by atoms with E-state index in [-0.39, 0.29) is 30.0 Å². The zero-order valence-electron chi connectivity index (χ0n) is 14.6. The number of halogens is 1. The zero-order valence-corrected chi connectivity index (χ0v) is 14.6. The van der Waals surface area contributed by atoms with E-state index in [0.29, 0.717) is 12.6 Å². The van der Waals surface area contributed by atoms with Gasteiger partial charge in [0, 0.05) is 25.2 Å². The number of benzene rings is 1. The molecule has 1 N–H and O–H groups in total. The van der Waals surface area contributed by atoms with E-state index in [0.717, 1.165) is 52.0 Å². The van der Waals surface area contributed by atoms with Crippen molar-refractivity contribution in [3.63, 3.8) is 0 Å². The monoisotopic (exact) mass is 350 g/mol. The van der Waals surface area contributed by atoms with Gasteiger partial charge in [-0.1, -0.05) is 12.1 Å². The molecule has 3 rings (SSSR count). The summed E-state index contributed by atoms with van der Waals surface area (Å²) in [5, 5.41) is 2.91. The molecule has 1 aromatic rings. The van der Waals surface area contributed by atoms with Gasteiger partial charge in [-0.25, -0.2) is 4.39 Å². The van der Waals surface area contributed by atoms with Crippen molar-refractivity contribution >= 4 is 5.91 Å². The third-order valence-electron chi connectivity index (χ3n) is 5.10. The second kappa shape index (κ2) is 9.15. The Morgan fingerprint density at radius 3 is 2.64 bits per heavy atom. The summed E-state index contributed by atoms with van der Waals surface area (Å²) in [7, 11) is 0. The molecule has 5 nitrogen and oxygen atoms in total. The van der Waals surface area contributed by atoms with E-state index >= 15 is 0 Å². The first-order valence-corrected chi connectivity index (χ1v) is 9.21. The predicted octanol–water partition coefficient (Wildman–Crippen LogP) is 2.21. The number of likely N-dealkylation sites (tertiary alicyclic amines) is 1. The molecule has 0 unspecified atom stereocenters. The third-order valence-corrected chi connectivity index (χ3v) is 5.10. The fourth-order valence-electron chi connectivity index (χ4n) is 3.62. The molecule has 2 aliphatic heterocycles. The minimum absolute atomic E-state index is 0.0737. The van der Waals surface area contributed by atoms with Gasteiger partial charge in [0.25, 0.3) is 0 Å². The molecule has 0 aromatic heterocycles. The van der Waals surface area contributed by atoms with Crippen LogP contribution in [0.1, 0.15) is 25.7 Å². The van der Waals surface area contributed by atoms with Gasteiger partial charge in [-0.3, -0.25) is 4.79 Å². The first-order chi connectivity index (χ1) is 12.2. The molecule has 1 amide bonds. The molecule has 0 saturated carbocycles. The van der Waals surface area contributed by atoms with Gasteiger partial charge in [0.15, 0.2) is 11.6 Å². The minimum Gasteiger partial charge on any atom is -0.489 e. The van der Waals surface area contributed by atoms with Crippen LogP contribution in [0.2, 0.25) is 0 Å². The van der Waals surface area contributed by atoms with E-state index in [1.807, 2.05) is 0 Å². The van der Waals surface area contributed by atoms with Crippen LogP contribution in [0.3, 0.4) is 0 Å². The third kappa shape index (κ3) is 5.16. The molecule has 2 fully saturated rings. The van der Waals surface area contributed by atoms with Crippen molar-refractivity contribution in [2.24, 2.45) is 5.92 Å². The lowest BCUT2D eigenvalue weighted by atomic mass is 9.93. The van der Waals surface area contributed by atoms with Crippen molar-refractivity contribution in [1.82, 2.24) is 10.2 Å². The number of nitrogens with zero attached hydrogens (tertiary/aromatic N) is 1. The maximum Gasteiger partial charge on any atom is 0.223 e. The fraction of sp³-hybridized carbons (Fsp3) is 0.632. The maximum atomic E-state index is 13.4. The van der Waals surface area contributed by atoms with E-state index in [9.17, 15) is 9.18 Å². The van der Waals surface area contributed by atoms with E-state index in [1.165, 1.54) is 6.07 Å². The van der Waals surface area contributed by atoms with Crippen LogP contribution >= 0.6 is 0 Å². The number of para-hydroxylation sites is 1. The Labute approximate surface area is 148 Å². The van der Waals surface area contributed by atoms with Crippen molar-refractivity contribution in [3.8, 4) is 5.75 Å². The molecule has 2 heterocycles. The van der Waals surface area contributed by atoms with Crippen LogP contribution in [0.15, 0.2) is 24.3 Å². The van der Waals surface area contributed by atoms with Crippen molar-refractivity contribution in [1.29, 1.82) is 0 Å². The Hall–Kier alpha value is -1.66. The lowest BCUT2D eigenvalue weighted by molar-refractivity contribution is -0.126. The average Bonchev–Trinajstić information content (AvgIpc) is 2.67. The van der Waals surface area contributed by atoms with Crippen molar-refractivity contribution in [3.05, 3.63) is 30.1 Å². The molecular formula is C19H27FN2O3. The summed E-state index contributed by atoms with van der Waals surface area (Å²) < 4.78 is 24.2. The standard InChI is InChI=1S/C19H27FN2O3/c20-17-3-1-2-4-18(17)25-14-9-21-19(23)15-5-10-22(11-6-15)16-7-12-24-13-8-16/h1-4,15-16H,5-14H2,(H,21,23). The molecule has 6 heteroatoms. The topological polar surface area (TPSA) is 50.8 Å². The lowest BCUT2D eigenvalue weighted by Crippen LogP contribution is -2.47. The molecule has 2 saturated heterocycles. The summed E-state index contributed by atoms with van der Waals surface area (Å²) in [5.41, 5.74) is 0. The minimum atomic E-state index is -0.380. The smallest absolute Gasteiger partial charge is 0.223 e. The Kier molecular flexibility index (Phi) is 6.64. The van der Waals surface area contributed by atoms with Crippen LogP contribution in [0.25, 0.3) is 0 Å². The molecule has 138 valence electrons. The second-order valence-electron chi connectivity index (χ2n) is 6.72. The highest BCUT2D eigenvalue weighted by atomic mass is 19.1. The average molecular weight is 350 g/mol. The largest absolute Gasteiger partial charge is 0.489 e. The van der Waals surface area contributed by atoms with Crippen LogP contribution in [-0.4, -0.2) is 56.3 Å². The number of hydrogen-bond donors (Lipinski definition) is 1. The highest BCUT2D eigenvalue weighted by Crippen LogP contribution is 2.23. The van der Waals surface area contributed by atoms with Crippen molar-refractivity contribution < 1.29 is 18.7 Å². The summed E-state index contributed by atoms with van der Waals surface area (Å²) in [4.78, 5) is 14.8. The predicted molar refractivity (Wildman–Crippen MR) is 93.0 cm³/mol. The number of nitrogens with one attached hydrogen (secondary N) is 1. The molecule has 0 bridgehead atoms. The quantitative estimate of drug-likeness (QED) is 0.800. The number of rotatable bonds is 6.